The zero-order chi connectivity index (χ0) is 19.4. The van der Waals surface area contributed by atoms with E-state index in [0.29, 0.717) is 31.2 Å². The van der Waals surface area contributed by atoms with Crippen LogP contribution in [0.3, 0.4) is 0 Å². The minimum atomic E-state index is -0.818. The van der Waals surface area contributed by atoms with Gasteiger partial charge in [-0.05, 0) is 38.4 Å². The number of likely N-dealkylation sites (tertiary alicyclic amines) is 1. The maximum absolute atomic E-state index is 12.9. The van der Waals surface area contributed by atoms with Crippen LogP contribution in [0.2, 0.25) is 0 Å². The van der Waals surface area contributed by atoms with E-state index in [1.54, 1.807) is 11.8 Å². The van der Waals surface area contributed by atoms with Crippen LogP contribution >= 0.6 is 0 Å². The monoisotopic (exact) mass is 371 g/mol. The van der Waals surface area contributed by atoms with Gasteiger partial charge >= 0.3 is 5.97 Å². The van der Waals surface area contributed by atoms with Gasteiger partial charge in [0, 0.05) is 24.7 Å². The van der Waals surface area contributed by atoms with Gasteiger partial charge in [0.15, 0.2) is 0 Å². The number of carboxylic acids is 1. The van der Waals surface area contributed by atoms with E-state index in [2.05, 4.69) is 4.98 Å². The van der Waals surface area contributed by atoms with E-state index >= 15 is 0 Å². The SMILES string of the molecule is CCN(CC(=O)O)C1CCN(C(=O)c2oc(-c3ccccc3)nc2C)CC1. The molecule has 0 saturated carbocycles. The Balaban J connectivity index is 1.66. The minimum absolute atomic E-state index is 0.0385. The lowest BCUT2D eigenvalue weighted by Crippen LogP contribution is -2.48. The number of aliphatic carboxylic acids is 1. The van der Waals surface area contributed by atoms with Crippen molar-refractivity contribution in [2.24, 2.45) is 0 Å². The molecule has 0 spiro atoms. The number of oxazole rings is 1. The van der Waals surface area contributed by atoms with Crippen molar-refractivity contribution in [2.75, 3.05) is 26.2 Å². The number of benzene rings is 1. The van der Waals surface area contributed by atoms with Crippen LogP contribution in [0.25, 0.3) is 11.5 Å². The Bertz CT molecular complexity index is 795. The van der Waals surface area contributed by atoms with E-state index in [1.165, 1.54) is 0 Å². The molecule has 1 N–H and O–H groups in total. The van der Waals surface area contributed by atoms with Crippen LogP contribution in [0.1, 0.15) is 36.0 Å². The topological polar surface area (TPSA) is 86.9 Å². The zero-order valence-corrected chi connectivity index (χ0v) is 15.7. The molecule has 1 fully saturated rings. The maximum atomic E-state index is 12.9. The van der Waals surface area contributed by atoms with Crippen molar-refractivity contribution in [3.05, 3.63) is 41.8 Å². The van der Waals surface area contributed by atoms with Crippen molar-refractivity contribution >= 4 is 11.9 Å². The smallest absolute Gasteiger partial charge is 0.317 e. The van der Waals surface area contributed by atoms with Gasteiger partial charge in [-0.3, -0.25) is 14.5 Å². The maximum Gasteiger partial charge on any atom is 0.317 e. The Morgan fingerprint density at radius 3 is 2.52 bits per heavy atom. The first kappa shape index (κ1) is 19.1. The van der Waals surface area contributed by atoms with Gasteiger partial charge in [-0.1, -0.05) is 25.1 Å². The molecule has 7 nitrogen and oxygen atoms in total. The van der Waals surface area contributed by atoms with Crippen LogP contribution in [0.4, 0.5) is 0 Å². The largest absolute Gasteiger partial charge is 0.480 e. The van der Waals surface area contributed by atoms with Gasteiger partial charge in [-0.25, -0.2) is 4.98 Å². The van der Waals surface area contributed by atoms with Crippen molar-refractivity contribution in [3.8, 4) is 11.5 Å². The Morgan fingerprint density at radius 1 is 1.26 bits per heavy atom. The van der Waals surface area contributed by atoms with Crippen LogP contribution in [-0.2, 0) is 4.79 Å². The normalized spacial score (nSPS) is 15.3. The summed E-state index contributed by atoms with van der Waals surface area (Å²) >= 11 is 0. The standard InChI is InChI=1S/C20H25N3O4/c1-3-22(13-17(24)25)16-9-11-23(12-10-16)20(26)18-14(2)21-19(27-18)15-7-5-4-6-8-15/h4-8,16H,3,9-13H2,1-2H3,(H,24,25). The number of rotatable bonds is 6. The number of carbonyl (C=O) groups excluding carboxylic acids is 1. The fraction of sp³-hybridized carbons (Fsp3) is 0.450. The molecule has 1 aromatic heterocycles. The first-order valence-electron chi connectivity index (χ1n) is 9.27. The molecule has 3 rings (SSSR count). The van der Waals surface area contributed by atoms with Crippen LogP contribution in [0.15, 0.2) is 34.7 Å². The van der Waals surface area contributed by atoms with Crippen LogP contribution in [-0.4, -0.2) is 64.0 Å². The molecule has 2 aromatic rings. The third kappa shape index (κ3) is 4.36. The number of carboxylic acid groups (broad SMARTS) is 1. The number of aryl methyl sites for hydroxylation is 1. The van der Waals surface area contributed by atoms with Crippen LogP contribution in [0, 0.1) is 6.92 Å². The Hall–Kier alpha value is -2.67. The van der Waals surface area contributed by atoms with Gasteiger partial charge in [-0.15, -0.1) is 0 Å². The molecule has 0 atom stereocenters. The molecular formula is C20H25N3O4. The number of carbonyl (C=O) groups is 2. The summed E-state index contributed by atoms with van der Waals surface area (Å²) in [5.41, 5.74) is 1.42. The Morgan fingerprint density at radius 2 is 1.93 bits per heavy atom. The average molecular weight is 371 g/mol. The summed E-state index contributed by atoms with van der Waals surface area (Å²) in [4.78, 5) is 32.0. The molecule has 1 amide bonds. The zero-order valence-electron chi connectivity index (χ0n) is 15.7. The molecule has 0 radical (unpaired) electrons. The lowest BCUT2D eigenvalue weighted by molar-refractivity contribution is -0.139. The van der Waals surface area contributed by atoms with Crippen molar-refractivity contribution in [3.63, 3.8) is 0 Å². The first-order chi connectivity index (χ1) is 13.0. The van der Waals surface area contributed by atoms with Crippen LogP contribution < -0.4 is 0 Å². The number of amides is 1. The first-order valence-corrected chi connectivity index (χ1v) is 9.27. The van der Waals surface area contributed by atoms with E-state index in [1.807, 2.05) is 42.2 Å². The fourth-order valence-corrected chi connectivity index (χ4v) is 3.55. The highest BCUT2D eigenvalue weighted by atomic mass is 16.4. The quantitative estimate of drug-likeness (QED) is 0.840. The molecule has 1 aromatic carbocycles. The average Bonchev–Trinajstić information content (AvgIpc) is 3.08. The summed E-state index contributed by atoms with van der Waals surface area (Å²) in [5, 5.41) is 9.04. The molecule has 27 heavy (non-hydrogen) atoms. The summed E-state index contributed by atoms with van der Waals surface area (Å²) in [6.45, 7) is 5.63. The van der Waals surface area contributed by atoms with Gasteiger partial charge < -0.3 is 14.4 Å². The third-order valence-electron chi connectivity index (χ3n) is 5.02. The summed E-state index contributed by atoms with van der Waals surface area (Å²) < 4.78 is 5.77. The highest BCUT2D eigenvalue weighted by Crippen LogP contribution is 2.24. The van der Waals surface area contributed by atoms with E-state index < -0.39 is 5.97 Å². The van der Waals surface area contributed by atoms with Crippen molar-refractivity contribution < 1.29 is 19.1 Å². The highest BCUT2D eigenvalue weighted by molar-refractivity contribution is 5.93. The molecule has 2 heterocycles. The van der Waals surface area contributed by atoms with Gasteiger partial charge in [0.05, 0.1) is 12.2 Å². The summed E-state index contributed by atoms with van der Waals surface area (Å²) in [6, 6.07) is 9.69. The van der Waals surface area contributed by atoms with E-state index in [0.717, 1.165) is 18.4 Å². The number of hydrogen-bond acceptors (Lipinski definition) is 5. The third-order valence-corrected chi connectivity index (χ3v) is 5.02. The molecule has 1 saturated heterocycles. The predicted molar refractivity (Wildman–Crippen MR) is 100 cm³/mol. The molecular weight excluding hydrogens is 346 g/mol. The number of hydrogen-bond donors (Lipinski definition) is 1. The van der Waals surface area contributed by atoms with Crippen LogP contribution in [0.5, 0.6) is 0 Å². The van der Waals surface area contributed by atoms with Crippen molar-refractivity contribution in [1.82, 2.24) is 14.8 Å². The minimum Gasteiger partial charge on any atom is -0.480 e. The van der Waals surface area contributed by atoms with Crippen molar-refractivity contribution in [2.45, 2.75) is 32.7 Å². The highest BCUT2D eigenvalue weighted by Gasteiger charge is 2.30. The lowest BCUT2D eigenvalue weighted by Gasteiger charge is -2.37. The van der Waals surface area contributed by atoms with E-state index in [-0.39, 0.29) is 24.3 Å². The van der Waals surface area contributed by atoms with E-state index in [4.69, 9.17) is 9.52 Å². The second-order valence-electron chi connectivity index (χ2n) is 6.78. The molecule has 7 heteroatoms. The number of likely N-dealkylation sites (N-methyl/N-ethyl adjacent to an activating group) is 1. The summed E-state index contributed by atoms with van der Waals surface area (Å²) in [7, 11) is 0. The Labute approximate surface area is 158 Å². The molecule has 1 aliphatic heterocycles. The molecule has 0 bridgehead atoms. The molecule has 0 unspecified atom stereocenters. The van der Waals surface area contributed by atoms with E-state index in [9.17, 15) is 9.59 Å². The molecule has 1 aliphatic rings. The van der Waals surface area contributed by atoms with Gasteiger partial charge in [0.2, 0.25) is 11.7 Å². The summed E-state index contributed by atoms with van der Waals surface area (Å²) in [6.07, 6.45) is 1.51. The molecule has 144 valence electrons. The number of nitrogens with zero attached hydrogens (tertiary/aromatic N) is 3. The fourth-order valence-electron chi connectivity index (χ4n) is 3.55. The van der Waals surface area contributed by atoms with Gasteiger partial charge in [0.1, 0.15) is 0 Å². The van der Waals surface area contributed by atoms with Gasteiger partial charge in [0.25, 0.3) is 5.91 Å². The predicted octanol–water partition coefficient (Wildman–Crippen LogP) is 2.66. The lowest BCUT2D eigenvalue weighted by atomic mass is 10.0. The van der Waals surface area contributed by atoms with Crippen molar-refractivity contribution in [1.29, 1.82) is 0 Å². The second-order valence-corrected chi connectivity index (χ2v) is 6.78. The Kier molecular flexibility index (Phi) is 5.91. The second kappa shape index (κ2) is 8.35. The van der Waals surface area contributed by atoms with Gasteiger partial charge in [-0.2, -0.15) is 0 Å². The number of piperidine rings is 1. The summed E-state index contributed by atoms with van der Waals surface area (Å²) in [5.74, 6) is -0.238. The molecule has 0 aliphatic carbocycles. The number of aromatic nitrogens is 1.